The molecule has 0 spiro atoms. The first kappa shape index (κ1) is 14.9. The lowest BCUT2D eigenvalue weighted by molar-refractivity contribution is 0.0692. The van der Waals surface area contributed by atoms with Gasteiger partial charge in [0.25, 0.3) is 5.91 Å². The predicted molar refractivity (Wildman–Crippen MR) is 81.1 cm³/mol. The highest BCUT2D eigenvalue weighted by Gasteiger charge is 2.23. The summed E-state index contributed by atoms with van der Waals surface area (Å²) in [5, 5.41) is 12.4. The fourth-order valence-electron chi connectivity index (χ4n) is 2.70. The maximum atomic E-state index is 12.8. The fourth-order valence-corrected chi connectivity index (χ4v) is 2.70. The molecule has 1 amide bonds. The van der Waals surface area contributed by atoms with Crippen LogP contribution in [0.25, 0.3) is 0 Å². The van der Waals surface area contributed by atoms with Crippen LogP contribution in [0.1, 0.15) is 42.6 Å². The van der Waals surface area contributed by atoms with Crippen LogP contribution in [0.5, 0.6) is 0 Å². The normalized spacial score (nSPS) is 13.8. The van der Waals surface area contributed by atoms with Gasteiger partial charge in [0.2, 0.25) is 0 Å². The molecule has 0 fully saturated rings. The number of carbonyl (C=O) groups is 1. The van der Waals surface area contributed by atoms with Gasteiger partial charge in [0.1, 0.15) is 0 Å². The van der Waals surface area contributed by atoms with Crippen LogP contribution in [0.2, 0.25) is 0 Å². The standard InChI is InChI=1S/C16H24N2O2/c1-12(2)18(10-5-11-19)16(20)14-6-3-8-15-13(14)7-4-9-17-15/h3,6,8,12,17,19H,4-5,7,9-11H2,1-2H3. The van der Waals surface area contributed by atoms with Crippen molar-refractivity contribution in [2.45, 2.75) is 39.2 Å². The van der Waals surface area contributed by atoms with Crippen molar-refractivity contribution in [3.63, 3.8) is 0 Å². The first-order chi connectivity index (χ1) is 9.65. The number of hydrogen-bond donors (Lipinski definition) is 2. The molecule has 0 radical (unpaired) electrons. The number of benzene rings is 1. The summed E-state index contributed by atoms with van der Waals surface area (Å²) >= 11 is 0. The molecule has 0 aromatic heterocycles. The maximum Gasteiger partial charge on any atom is 0.254 e. The Hall–Kier alpha value is -1.55. The number of aliphatic hydroxyl groups is 1. The number of anilines is 1. The van der Waals surface area contributed by atoms with Crippen molar-refractivity contribution in [3.05, 3.63) is 29.3 Å². The second-order valence-corrected chi connectivity index (χ2v) is 5.53. The number of amides is 1. The van der Waals surface area contributed by atoms with E-state index in [0.29, 0.717) is 13.0 Å². The average Bonchev–Trinajstić information content (AvgIpc) is 2.46. The van der Waals surface area contributed by atoms with E-state index in [9.17, 15) is 4.79 Å². The maximum absolute atomic E-state index is 12.8. The molecule has 4 nitrogen and oxygen atoms in total. The third-order valence-electron chi connectivity index (χ3n) is 3.77. The second-order valence-electron chi connectivity index (χ2n) is 5.53. The molecule has 0 saturated carbocycles. The number of nitrogens with zero attached hydrogens (tertiary/aromatic N) is 1. The molecule has 4 heteroatoms. The summed E-state index contributed by atoms with van der Waals surface area (Å²) < 4.78 is 0. The van der Waals surface area contributed by atoms with E-state index >= 15 is 0 Å². The van der Waals surface area contributed by atoms with Crippen LogP contribution in [0.4, 0.5) is 5.69 Å². The van der Waals surface area contributed by atoms with E-state index in [1.165, 1.54) is 0 Å². The number of carbonyl (C=O) groups excluding carboxylic acids is 1. The smallest absolute Gasteiger partial charge is 0.254 e. The zero-order chi connectivity index (χ0) is 14.5. The van der Waals surface area contributed by atoms with Gasteiger partial charge in [-0.25, -0.2) is 0 Å². The Labute approximate surface area is 120 Å². The Morgan fingerprint density at radius 1 is 1.45 bits per heavy atom. The van der Waals surface area contributed by atoms with Gasteiger partial charge < -0.3 is 15.3 Å². The van der Waals surface area contributed by atoms with Crippen LogP contribution < -0.4 is 5.32 Å². The first-order valence-electron chi connectivity index (χ1n) is 7.42. The van der Waals surface area contributed by atoms with E-state index in [4.69, 9.17) is 5.11 Å². The van der Waals surface area contributed by atoms with Gasteiger partial charge in [0, 0.05) is 37.0 Å². The monoisotopic (exact) mass is 276 g/mol. The average molecular weight is 276 g/mol. The Bertz CT molecular complexity index is 472. The van der Waals surface area contributed by atoms with Crippen LogP contribution in [0.15, 0.2) is 18.2 Å². The molecule has 2 N–H and O–H groups in total. The highest BCUT2D eigenvalue weighted by Crippen LogP contribution is 2.26. The van der Waals surface area contributed by atoms with Crippen LogP contribution in [-0.4, -0.2) is 41.7 Å². The summed E-state index contributed by atoms with van der Waals surface area (Å²) in [6.45, 7) is 5.73. The number of aliphatic hydroxyl groups excluding tert-OH is 1. The van der Waals surface area contributed by atoms with Crippen LogP contribution in [-0.2, 0) is 6.42 Å². The zero-order valence-electron chi connectivity index (χ0n) is 12.4. The molecule has 1 aliphatic heterocycles. The van der Waals surface area contributed by atoms with Crippen LogP contribution in [0.3, 0.4) is 0 Å². The summed E-state index contributed by atoms with van der Waals surface area (Å²) in [6.07, 6.45) is 2.64. The van der Waals surface area contributed by atoms with E-state index in [1.807, 2.05) is 36.9 Å². The third kappa shape index (κ3) is 3.12. The molecule has 1 aromatic carbocycles. The Morgan fingerprint density at radius 3 is 2.95 bits per heavy atom. The number of hydrogen-bond acceptors (Lipinski definition) is 3. The van der Waals surface area contributed by atoms with Gasteiger partial charge in [-0.3, -0.25) is 4.79 Å². The van der Waals surface area contributed by atoms with Gasteiger partial charge in [-0.05, 0) is 50.8 Å². The molecule has 0 saturated heterocycles. The minimum Gasteiger partial charge on any atom is -0.396 e. The van der Waals surface area contributed by atoms with E-state index in [2.05, 4.69) is 5.32 Å². The predicted octanol–water partition coefficient (Wildman–Crippen LogP) is 2.28. The molecular weight excluding hydrogens is 252 g/mol. The fraction of sp³-hybridized carbons (Fsp3) is 0.562. The number of rotatable bonds is 5. The Kier molecular flexibility index (Phi) is 5.01. The summed E-state index contributed by atoms with van der Waals surface area (Å²) in [6, 6.07) is 6.04. The number of fused-ring (bicyclic) bond motifs is 1. The second kappa shape index (κ2) is 6.75. The summed E-state index contributed by atoms with van der Waals surface area (Å²) in [5.41, 5.74) is 3.03. The van der Waals surface area contributed by atoms with Gasteiger partial charge in [-0.15, -0.1) is 0 Å². The molecule has 110 valence electrons. The van der Waals surface area contributed by atoms with Crippen LogP contribution >= 0.6 is 0 Å². The summed E-state index contributed by atoms with van der Waals surface area (Å²) in [5.74, 6) is 0.0778. The number of nitrogens with one attached hydrogen (secondary N) is 1. The van der Waals surface area contributed by atoms with E-state index in [0.717, 1.165) is 36.2 Å². The van der Waals surface area contributed by atoms with Gasteiger partial charge in [-0.2, -0.15) is 0 Å². The largest absolute Gasteiger partial charge is 0.396 e. The lowest BCUT2D eigenvalue weighted by atomic mass is 9.96. The quantitative estimate of drug-likeness (QED) is 0.867. The summed E-state index contributed by atoms with van der Waals surface area (Å²) in [7, 11) is 0. The van der Waals surface area contributed by atoms with Crippen molar-refractivity contribution in [2.75, 3.05) is 25.0 Å². The molecule has 1 aliphatic rings. The zero-order valence-corrected chi connectivity index (χ0v) is 12.4. The van der Waals surface area contributed by atoms with E-state index < -0.39 is 0 Å². The highest BCUT2D eigenvalue weighted by atomic mass is 16.3. The Balaban J connectivity index is 2.27. The molecule has 1 heterocycles. The molecule has 0 atom stereocenters. The molecule has 0 aliphatic carbocycles. The SMILES string of the molecule is CC(C)N(CCCO)C(=O)c1cccc2c1CCCN2. The van der Waals surface area contributed by atoms with Crippen molar-refractivity contribution < 1.29 is 9.90 Å². The van der Waals surface area contributed by atoms with Crippen molar-refractivity contribution >= 4 is 11.6 Å². The summed E-state index contributed by atoms with van der Waals surface area (Å²) in [4.78, 5) is 14.6. The first-order valence-corrected chi connectivity index (χ1v) is 7.42. The minimum absolute atomic E-state index is 0.0778. The van der Waals surface area contributed by atoms with E-state index in [-0.39, 0.29) is 18.6 Å². The van der Waals surface area contributed by atoms with Gasteiger partial charge in [-0.1, -0.05) is 6.07 Å². The molecule has 20 heavy (non-hydrogen) atoms. The van der Waals surface area contributed by atoms with E-state index in [1.54, 1.807) is 0 Å². The van der Waals surface area contributed by atoms with Crippen molar-refractivity contribution in [2.24, 2.45) is 0 Å². The lowest BCUT2D eigenvalue weighted by Crippen LogP contribution is -2.38. The van der Waals surface area contributed by atoms with Gasteiger partial charge >= 0.3 is 0 Å². The molecule has 0 unspecified atom stereocenters. The Morgan fingerprint density at radius 2 is 2.25 bits per heavy atom. The van der Waals surface area contributed by atoms with Gasteiger partial charge in [0.15, 0.2) is 0 Å². The van der Waals surface area contributed by atoms with Crippen LogP contribution in [0, 0.1) is 0 Å². The van der Waals surface area contributed by atoms with Gasteiger partial charge in [0.05, 0.1) is 0 Å². The topological polar surface area (TPSA) is 52.6 Å². The van der Waals surface area contributed by atoms with Crippen molar-refractivity contribution in [1.29, 1.82) is 0 Å². The van der Waals surface area contributed by atoms with Crippen molar-refractivity contribution in [1.82, 2.24) is 4.90 Å². The molecular formula is C16H24N2O2. The molecule has 0 bridgehead atoms. The lowest BCUT2D eigenvalue weighted by Gasteiger charge is -2.29. The van der Waals surface area contributed by atoms with Crippen molar-refractivity contribution in [3.8, 4) is 0 Å². The third-order valence-corrected chi connectivity index (χ3v) is 3.77. The highest BCUT2D eigenvalue weighted by molar-refractivity contribution is 5.97. The molecule has 2 rings (SSSR count). The molecule has 1 aromatic rings. The minimum atomic E-state index is 0.0778.